The number of hydrogen-bond acceptors (Lipinski definition) is 3. The first kappa shape index (κ1) is 21.7. The largest absolute Gasteiger partial charge is 0.356 e. The van der Waals surface area contributed by atoms with Crippen molar-refractivity contribution >= 4 is 5.96 Å². The van der Waals surface area contributed by atoms with Gasteiger partial charge in [0.2, 0.25) is 0 Å². The lowest BCUT2D eigenvalue weighted by molar-refractivity contribution is 0.139. The van der Waals surface area contributed by atoms with Gasteiger partial charge in [0.1, 0.15) is 0 Å². The van der Waals surface area contributed by atoms with Gasteiger partial charge in [0.15, 0.2) is 5.96 Å². The minimum atomic E-state index is 0.148. The molecule has 1 aliphatic heterocycles. The molecule has 1 saturated heterocycles. The van der Waals surface area contributed by atoms with E-state index >= 15 is 0 Å². The Bertz CT molecular complexity index is 545. The highest BCUT2D eigenvalue weighted by Gasteiger charge is 2.28. The van der Waals surface area contributed by atoms with E-state index in [9.17, 15) is 0 Å². The van der Waals surface area contributed by atoms with Crippen LogP contribution in [-0.4, -0.2) is 75.2 Å². The highest BCUT2D eigenvalue weighted by Crippen LogP contribution is 2.30. The summed E-state index contributed by atoms with van der Waals surface area (Å²) in [4.78, 5) is 9.49. The van der Waals surface area contributed by atoms with Crippen molar-refractivity contribution in [1.82, 2.24) is 20.4 Å². The number of nitrogens with zero attached hydrogens (tertiary/aromatic N) is 3. The Morgan fingerprint density at radius 3 is 2.15 bits per heavy atom. The number of hydrogen-bond donors (Lipinski definition) is 2. The van der Waals surface area contributed by atoms with Crippen LogP contribution >= 0.6 is 0 Å². The molecular formula is C22H39N5. The molecule has 2 N–H and O–H groups in total. The van der Waals surface area contributed by atoms with E-state index in [-0.39, 0.29) is 5.41 Å². The van der Waals surface area contributed by atoms with E-state index in [1.54, 1.807) is 0 Å². The summed E-state index contributed by atoms with van der Waals surface area (Å²) in [5.41, 5.74) is 1.56. The molecule has 5 nitrogen and oxygen atoms in total. The van der Waals surface area contributed by atoms with Crippen LogP contribution in [0, 0.1) is 0 Å². The first-order chi connectivity index (χ1) is 13.2. The van der Waals surface area contributed by atoms with Crippen molar-refractivity contribution < 1.29 is 0 Å². The summed E-state index contributed by atoms with van der Waals surface area (Å²) >= 11 is 0. The maximum atomic E-state index is 4.43. The molecule has 27 heavy (non-hydrogen) atoms. The molecule has 152 valence electrons. The highest BCUT2D eigenvalue weighted by molar-refractivity contribution is 5.79. The molecule has 5 heteroatoms. The quantitative estimate of drug-likeness (QED) is 0.516. The van der Waals surface area contributed by atoms with Gasteiger partial charge in [-0.25, -0.2) is 0 Å². The Hall–Kier alpha value is -1.59. The Kier molecular flexibility index (Phi) is 9.08. The Balaban J connectivity index is 1.80. The summed E-state index contributed by atoms with van der Waals surface area (Å²) in [6.45, 7) is 15.6. The number of guanidine groups is 1. The van der Waals surface area contributed by atoms with Gasteiger partial charge in [-0.3, -0.25) is 9.89 Å². The number of nitrogens with one attached hydrogen (secondary N) is 2. The monoisotopic (exact) mass is 373 g/mol. The van der Waals surface area contributed by atoms with Crippen LogP contribution in [0.3, 0.4) is 0 Å². The van der Waals surface area contributed by atoms with Crippen LogP contribution < -0.4 is 10.6 Å². The Labute approximate surface area is 166 Å². The minimum Gasteiger partial charge on any atom is -0.356 e. The molecule has 0 amide bonds. The van der Waals surface area contributed by atoms with E-state index in [4.69, 9.17) is 0 Å². The van der Waals surface area contributed by atoms with Crippen molar-refractivity contribution in [2.75, 3.05) is 59.4 Å². The van der Waals surface area contributed by atoms with Crippen molar-refractivity contribution in [2.45, 2.75) is 39.0 Å². The predicted octanol–water partition coefficient (Wildman–Crippen LogP) is 2.55. The summed E-state index contributed by atoms with van der Waals surface area (Å²) in [5.74, 6) is 0.907. The third kappa shape index (κ3) is 6.22. The molecule has 0 unspecified atom stereocenters. The Morgan fingerprint density at radius 2 is 1.59 bits per heavy atom. The van der Waals surface area contributed by atoms with E-state index in [2.05, 4.69) is 76.5 Å². The molecule has 0 atom stereocenters. The zero-order valence-corrected chi connectivity index (χ0v) is 17.8. The molecular weight excluding hydrogens is 334 g/mol. The van der Waals surface area contributed by atoms with Gasteiger partial charge in [0.05, 0.1) is 0 Å². The average molecular weight is 374 g/mol. The summed E-state index contributed by atoms with van der Waals surface area (Å²) in [5, 5.41) is 7.07. The van der Waals surface area contributed by atoms with Crippen molar-refractivity contribution in [2.24, 2.45) is 4.99 Å². The molecule has 1 aromatic rings. The minimum absolute atomic E-state index is 0.148. The smallest absolute Gasteiger partial charge is 0.191 e. The van der Waals surface area contributed by atoms with E-state index in [1.807, 2.05) is 7.05 Å². The first-order valence-electron chi connectivity index (χ1n) is 10.6. The molecule has 0 aromatic heterocycles. The topological polar surface area (TPSA) is 42.9 Å². The maximum absolute atomic E-state index is 4.43. The lowest BCUT2D eigenvalue weighted by Crippen LogP contribution is -2.50. The summed E-state index contributed by atoms with van der Waals surface area (Å²) in [6.07, 6.45) is 2.22. The maximum Gasteiger partial charge on any atom is 0.191 e. The van der Waals surface area contributed by atoms with Crippen LogP contribution in [0.2, 0.25) is 0 Å². The molecule has 1 fully saturated rings. The lowest BCUT2D eigenvalue weighted by Gasteiger charge is -2.34. The third-order valence-electron chi connectivity index (χ3n) is 6.19. The highest BCUT2D eigenvalue weighted by atomic mass is 15.3. The second-order valence-electron chi connectivity index (χ2n) is 7.48. The van der Waals surface area contributed by atoms with Gasteiger partial charge < -0.3 is 15.5 Å². The van der Waals surface area contributed by atoms with E-state index in [0.717, 1.165) is 38.4 Å². The van der Waals surface area contributed by atoms with E-state index < -0.39 is 0 Å². The lowest BCUT2D eigenvalue weighted by atomic mass is 9.76. The number of benzene rings is 1. The number of likely N-dealkylation sites (N-methyl/N-ethyl adjacent to an activating group) is 1. The molecule has 0 spiro atoms. The van der Waals surface area contributed by atoms with Crippen LogP contribution in [0.1, 0.15) is 39.2 Å². The normalized spacial score (nSPS) is 17.1. The van der Waals surface area contributed by atoms with Gasteiger partial charge >= 0.3 is 0 Å². The zero-order valence-electron chi connectivity index (χ0n) is 17.8. The molecule has 1 aliphatic rings. The number of rotatable bonds is 9. The van der Waals surface area contributed by atoms with Gasteiger partial charge in [-0.05, 0) is 24.9 Å². The van der Waals surface area contributed by atoms with Crippen molar-refractivity contribution in [1.29, 1.82) is 0 Å². The number of piperazine rings is 1. The van der Waals surface area contributed by atoms with E-state index in [0.29, 0.717) is 0 Å². The summed E-state index contributed by atoms with van der Waals surface area (Å²) in [7, 11) is 1.86. The SMILES string of the molecule is CCN1CCN(CCNC(=NC)NCC(CC)(CC)c2ccccc2)CC1. The van der Waals surface area contributed by atoms with Crippen molar-refractivity contribution in [3.05, 3.63) is 35.9 Å². The van der Waals surface area contributed by atoms with Gasteiger partial charge in [-0.1, -0.05) is 51.1 Å². The van der Waals surface area contributed by atoms with Crippen LogP contribution in [0.5, 0.6) is 0 Å². The van der Waals surface area contributed by atoms with Gasteiger partial charge in [-0.2, -0.15) is 0 Å². The van der Waals surface area contributed by atoms with E-state index in [1.165, 1.54) is 38.3 Å². The predicted molar refractivity (Wildman–Crippen MR) is 117 cm³/mol. The molecule has 1 aromatic carbocycles. The second-order valence-corrected chi connectivity index (χ2v) is 7.48. The molecule has 0 bridgehead atoms. The average Bonchev–Trinajstić information content (AvgIpc) is 2.74. The van der Waals surface area contributed by atoms with Gasteiger partial charge in [0.25, 0.3) is 0 Å². The van der Waals surface area contributed by atoms with Crippen LogP contribution in [0.15, 0.2) is 35.3 Å². The van der Waals surface area contributed by atoms with Crippen molar-refractivity contribution in [3.8, 4) is 0 Å². The molecule has 2 rings (SSSR count). The fraction of sp³-hybridized carbons (Fsp3) is 0.682. The molecule has 0 saturated carbocycles. The third-order valence-corrected chi connectivity index (χ3v) is 6.19. The number of aliphatic imine (C=N–C) groups is 1. The van der Waals surface area contributed by atoms with Gasteiger partial charge in [0, 0.05) is 58.3 Å². The van der Waals surface area contributed by atoms with Crippen LogP contribution in [-0.2, 0) is 5.41 Å². The molecule has 0 radical (unpaired) electrons. The molecule has 1 heterocycles. The fourth-order valence-electron chi connectivity index (χ4n) is 3.94. The van der Waals surface area contributed by atoms with Crippen molar-refractivity contribution in [3.63, 3.8) is 0 Å². The molecule has 0 aliphatic carbocycles. The standard InChI is InChI=1S/C22H39N5/c1-5-22(6-2,20-11-9-8-10-12-20)19-25-21(23-4)24-13-14-27-17-15-26(7-3)16-18-27/h8-12H,5-7,13-19H2,1-4H3,(H2,23,24,25). The Morgan fingerprint density at radius 1 is 0.963 bits per heavy atom. The first-order valence-corrected chi connectivity index (χ1v) is 10.6. The summed E-state index contributed by atoms with van der Waals surface area (Å²) in [6, 6.07) is 10.9. The second kappa shape index (κ2) is 11.3. The fourth-order valence-corrected chi connectivity index (χ4v) is 3.94. The zero-order chi connectivity index (χ0) is 19.5. The van der Waals surface area contributed by atoms with Gasteiger partial charge in [-0.15, -0.1) is 0 Å². The summed E-state index contributed by atoms with van der Waals surface area (Å²) < 4.78 is 0. The van der Waals surface area contributed by atoms with Crippen LogP contribution in [0.4, 0.5) is 0 Å². The van der Waals surface area contributed by atoms with Crippen LogP contribution in [0.25, 0.3) is 0 Å².